The predicted octanol–water partition coefficient (Wildman–Crippen LogP) is 2.84. The summed E-state index contributed by atoms with van der Waals surface area (Å²) in [4.78, 5) is 26.3. The van der Waals surface area contributed by atoms with Crippen LogP contribution in [0, 0.1) is 5.92 Å². The fourth-order valence-corrected chi connectivity index (χ4v) is 4.47. The molecule has 1 fully saturated rings. The van der Waals surface area contributed by atoms with Crippen molar-refractivity contribution in [2.45, 2.75) is 25.8 Å². The van der Waals surface area contributed by atoms with E-state index in [4.69, 9.17) is 17.0 Å². The molecule has 2 aliphatic heterocycles. The van der Waals surface area contributed by atoms with Crippen LogP contribution in [-0.2, 0) is 11.3 Å². The summed E-state index contributed by atoms with van der Waals surface area (Å²) in [5.74, 6) is 0.357. The predicted molar refractivity (Wildman–Crippen MR) is 112 cm³/mol. The van der Waals surface area contributed by atoms with Gasteiger partial charge in [-0.1, -0.05) is 12.1 Å². The fourth-order valence-electron chi connectivity index (χ4n) is 4.20. The van der Waals surface area contributed by atoms with Crippen molar-refractivity contribution in [3.8, 4) is 0 Å². The van der Waals surface area contributed by atoms with Gasteiger partial charge in [-0.25, -0.2) is 4.79 Å². The van der Waals surface area contributed by atoms with E-state index in [1.165, 1.54) is 0 Å². The Labute approximate surface area is 169 Å². The van der Waals surface area contributed by atoms with Crippen molar-refractivity contribution in [1.29, 1.82) is 0 Å². The van der Waals surface area contributed by atoms with Crippen LogP contribution in [0.4, 0.5) is 5.69 Å². The monoisotopic (exact) mass is 397 g/mol. The molecule has 2 atom stereocenters. The Kier molecular flexibility index (Phi) is 5.17. The number of pyridine rings is 1. The van der Waals surface area contributed by atoms with E-state index in [0.717, 1.165) is 37.4 Å². The molecule has 146 valence electrons. The van der Waals surface area contributed by atoms with Gasteiger partial charge in [-0.3, -0.25) is 4.79 Å². The first-order valence-corrected chi connectivity index (χ1v) is 9.99. The second kappa shape index (κ2) is 7.75. The first-order valence-electron chi connectivity index (χ1n) is 9.58. The van der Waals surface area contributed by atoms with E-state index in [0.29, 0.717) is 29.1 Å². The lowest BCUT2D eigenvalue weighted by molar-refractivity contribution is 0.0526. The summed E-state index contributed by atoms with van der Waals surface area (Å²) in [6, 6.07) is 12.7. The third-order valence-corrected chi connectivity index (χ3v) is 5.75. The molecule has 6 nitrogen and oxygen atoms in total. The summed E-state index contributed by atoms with van der Waals surface area (Å²) in [5.41, 5.74) is 2.44. The summed E-state index contributed by atoms with van der Waals surface area (Å²) in [6.45, 7) is 4.47. The van der Waals surface area contributed by atoms with Crippen LogP contribution in [0.25, 0.3) is 0 Å². The number of benzene rings is 1. The van der Waals surface area contributed by atoms with E-state index < -0.39 is 0 Å². The van der Waals surface area contributed by atoms with E-state index >= 15 is 0 Å². The lowest BCUT2D eigenvalue weighted by Crippen LogP contribution is -2.50. The quantitative estimate of drug-likeness (QED) is 0.635. The second-order valence-corrected chi connectivity index (χ2v) is 7.72. The number of carbonyl (C=O) groups is 1. The molecule has 0 unspecified atom stereocenters. The largest absolute Gasteiger partial charge is 0.462 e. The number of nitrogens with zero attached hydrogens (tertiary/aromatic N) is 2. The number of hydrogen-bond acceptors (Lipinski definition) is 4. The summed E-state index contributed by atoms with van der Waals surface area (Å²) in [7, 11) is 0. The Morgan fingerprint density at radius 1 is 1.21 bits per heavy atom. The molecular weight excluding hydrogens is 374 g/mol. The van der Waals surface area contributed by atoms with Crippen LogP contribution in [0.1, 0.15) is 35.3 Å². The number of esters is 1. The van der Waals surface area contributed by atoms with Crippen LogP contribution in [0.15, 0.2) is 47.3 Å². The highest BCUT2D eigenvalue weighted by molar-refractivity contribution is 7.80. The third kappa shape index (κ3) is 3.67. The highest BCUT2D eigenvalue weighted by Gasteiger charge is 2.35. The van der Waals surface area contributed by atoms with Gasteiger partial charge in [0.15, 0.2) is 5.11 Å². The van der Waals surface area contributed by atoms with Gasteiger partial charge in [-0.2, -0.15) is 0 Å². The van der Waals surface area contributed by atoms with Crippen molar-refractivity contribution in [3.05, 3.63) is 64.1 Å². The number of anilines is 1. The number of hydrogen-bond donors (Lipinski definition) is 1. The van der Waals surface area contributed by atoms with Crippen molar-refractivity contribution in [2.75, 3.05) is 25.0 Å². The van der Waals surface area contributed by atoms with Crippen molar-refractivity contribution >= 4 is 29.0 Å². The van der Waals surface area contributed by atoms with Crippen LogP contribution < -0.4 is 10.9 Å². The lowest BCUT2D eigenvalue weighted by Gasteiger charge is -2.43. The zero-order chi connectivity index (χ0) is 19.7. The normalized spacial score (nSPS) is 20.2. The van der Waals surface area contributed by atoms with Gasteiger partial charge in [0.1, 0.15) is 0 Å². The summed E-state index contributed by atoms with van der Waals surface area (Å²) < 4.78 is 6.97. The minimum Gasteiger partial charge on any atom is -0.462 e. The molecule has 1 N–H and O–H groups in total. The number of nitrogens with one attached hydrogen (secondary N) is 1. The molecule has 2 aliphatic rings. The molecule has 1 saturated heterocycles. The van der Waals surface area contributed by atoms with Crippen LogP contribution in [0.2, 0.25) is 0 Å². The summed E-state index contributed by atoms with van der Waals surface area (Å²) >= 11 is 5.65. The molecular formula is C21H23N3O3S. The number of piperidine rings is 1. The second-order valence-electron chi connectivity index (χ2n) is 7.33. The van der Waals surface area contributed by atoms with Gasteiger partial charge in [0, 0.05) is 43.0 Å². The van der Waals surface area contributed by atoms with Gasteiger partial charge in [-0.15, -0.1) is 0 Å². The number of fused-ring (bicyclic) bond motifs is 4. The molecule has 0 radical (unpaired) electrons. The standard InChI is InChI=1S/C21H23N3O3S/c1-2-27-20(26)15-5-3-6-17(10-15)22-21(28)23-11-14-9-16(13-23)18-7-4-8-19(25)24(18)12-14/h3-8,10,14,16H,2,9,11-13H2,1H3,(H,22,28)/t14-,16+/m0/s1. The van der Waals surface area contributed by atoms with Gasteiger partial charge in [-0.05, 0) is 55.7 Å². The number of carbonyl (C=O) groups excluding carboxylic acids is 1. The Bertz CT molecular complexity index is 971. The van der Waals surface area contributed by atoms with Crippen molar-refractivity contribution < 1.29 is 9.53 Å². The summed E-state index contributed by atoms with van der Waals surface area (Å²) in [5, 5.41) is 3.90. The van der Waals surface area contributed by atoms with Crippen LogP contribution in [0.3, 0.4) is 0 Å². The highest BCUT2D eigenvalue weighted by Crippen LogP contribution is 2.35. The fraction of sp³-hybridized carbons (Fsp3) is 0.381. The Morgan fingerprint density at radius 2 is 2.04 bits per heavy atom. The molecule has 2 aromatic rings. The van der Waals surface area contributed by atoms with Crippen molar-refractivity contribution in [1.82, 2.24) is 9.47 Å². The Morgan fingerprint density at radius 3 is 2.86 bits per heavy atom. The van der Waals surface area contributed by atoms with Crippen molar-refractivity contribution in [3.63, 3.8) is 0 Å². The van der Waals surface area contributed by atoms with E-state index in [1.807, 2.05) is 28.8 Å². The van der Waals surface area contributed by atoms with Gasteiger partial charge in [0.2, 0.25) is 0 Å². The van der Waals surface area contributed by atoms with Crippen molar-refractivity contribution in [2.24, 2.45) is 5.92 Å². The maximum Gasteiger partial charge on any atom is 0.338 e. The molecule has 2 bridgehead atoms. The van der Waals surface area contributed by atoms with Crippen LogP contribution in [0.5, 0.6) is 0 Å². The highest BCUT2D eigenvalue weighted by atomic mass is 32.1. The average Bonchev–Trinajstić information content (AvgIpc) is 2.69. The topological polar surface area (TPSA) is 63.6 Å². The lowest BCUT2D eigenvalue weighted by atomic mass is 9.83. The molecule has 0 spiro atoms. The maximum atomic E-state index is 12.2. The van der Waals surface area contributed by atoms with Gasteiger partial charge in [0.05, 0.1) is 12.2 Å². The molecule has 7 heteroatoms. The zero-order valence-corrected chi connectivity index (χ0v) is 16.6. The molecule has 28 heavy (non-hydrogen) atoms. The molecule has 0 amide bonds. The Hall–Kier alpha value is -2.67. The molecule has 0 aliphatic carbocycles. The molecule has 1 aromatic carbocycles. The number of aromatic nitrogens is 1. The number of thiocarbonyl (C=S) groups is 1. The van der Waals surface area contributed by atoms with E-state index in [9.17, 15) is 9.59 Å². The minimum absolute atomic E-state index is 0.0807. The number of likely N-dealkylation sites (tertiary alicyclic amines) is 1. The number of ether oxygens (including phenoxy) is 1. The zero-order valence-electron chi connectivity index (χ0n) is 15.8. The molecule has 3 heterocycles. The maximum absolute atomic E-state index is 12.2. The van der Waals surface area contributed by atoms with Crippen LogP contribution >= 0.6 is 12.2 Å². The van der Waals surface area contributed by atoms with Gasteiger partial charge in [0.25, 0.3) is 5.56 Å². The molecule has 1 aromatic heterocycles. The Balaban J connectivity index is 1.48. The molecule has 0 saturated carbocycles. The first kappa shape index (κ1) is 18.7. The number of rotatable bonds is 3. The first-order chi connectivity index (χ1) is 13.5. The van der Waals surface area contributed by atoms with Gasteiger partial charge >= 0.3 is 5.97 Å². The van der Waals surface area contributed by atoms with Crippen LogP contribution in [-0.4, -0.2) is 40.2 Å². The summed E-state index contributed by atoms with van der Waals surface area (Å²) in [6.07, 6.45) is 1.08. The van der Waals surface area contributed by atoms with E-state index in [1.54, 1.807) is 25.1 Å². The molecule has 4 rings (SSSR count). The van der Waals surface area contributed by atoms with E-state index in [2.05, 4.69) is 10.2 Å². The average molecular weight is 398 g/mol. The third-order valence-electron chi connectivity index (χ3n) is 5.39. The van der Waals surface area contributed by atoms with Gasteiger partial charge < -0.3 is 19.5 Å². The minimum atomic E-state index is -0.341. The smallest absolute Gasteiger partial charge is 0.338 e. The SMILES string of the molecule is CCOC(=O)c1cccc(NC(=S)N2C[C@@H]3C[C@H](C2)c2cccc(=O)n2C3)c1. The van der Waals surface area contributed by atoms with E-state index in [-0.39, 0.29) is 11.5 Å².